The van der Waals surface area contributed by atoms with Gasteiger partial charge in [-0.05, 0) is 59.9 Å². The van der Waals surface area contributed by atoms with Crippen molar-refractivity contribution in [1.82, 2.24) is 4.90 Å². The first kappa shape index (κ1) is 11.5. The minimum Gasteiger partial charge on any atom is -0.380 e. The van der Waals surface area contributed by atoms with Crippen LogP contribution >= 0.6 is 15.9 Å². The molecule has 2 aliphatic heterocycles. The summed E-state index contributed by atoms with van der Waals surface area (Å²) in [5, 5.41) is 3.49. The van der Waals surface area contributed by atoms with Crippen LogP contribution in [0, 0.1) is 5.82 Å². The van der Waals surface area contributed by atoms with Gasteiger partial charge in [0, 0.05) is 23.1 Å². The predicted molar refractivity (Wildman–Crippen MR) is 70.7 cm³/mol. The zero-order valence-electron chi connectivity index (χ0n) is 9.63. The van der Waals surface area contributed by atoms with E-state index >= 15 is 0 Å². The molecule has 1 N–H and O–H groups in total. The summed E-state index contributed by atoms with van der Waals surface area (Å²) in [7, 11) is 0. The molecule has 4 heteroatoms. The monoisotopic (exact) mass is 298 g/mol. The molecule has 0 saturated carbocycles. The number of fused-ring (bicyclic) bond motifs is 1. The molecule has 17 heavy (non-hydrogen) atoms. The van der Waals surface area contributed by atoms with Gasteiger partial charge in [-0.25, -0.2) is 4.39 Å². The maximum Gasteiger partial charge on any atom is 0.125 e. The van der Waals surface area contributed by atoms with Gasteiger partial charge in [0.2, 0.25) is 0 Å². The van der Waals surface area contributed by atoms with Crippen molar-refractivity contribution in [2.24, 2.45) is 0 Å². The van der Waals surface area contributed by atoms with Crippen molar-refractivity contribution in [3.05, 3.63) is 28.5 Å². The number of nitrogens with one attached hydrogen (secondary N) is 1. The lowest BCUT2D eigenvalue weighted by molar-refractivity contribution is 0.318. The van der Waals surface area contributed by atoms with Gasteiger partial charge in [-0.2, -0.15) is 0 Å². The molecule has 2 aliphatic rings. The van der Waals surface area contributed by atoms with Crippen LogP contribution in [0.1, 0.15) is 19.3 Å². The summed E-state index contributed by atoms with van der Waals surface area (Å²) in [6.45, 7) is 2.41. The van der Waals surface area contributed by atoms with Gasteiger partial charge < -0.3 is 5.32 Å². The van der Waals surface area contributed by atoms with Crippen LogP contribution in [0.3, 0.4) is 0 Å². The zero-order chi connectivity index (χ0) is 11.8. The van der Waals surface area contributed by atoms with Gasteiger partial charge >= 0.3 is 0 Å². The summed E-state index contributed by atoms with van der Waals surface area (Å²) in [4.78, 5) is 2.55. The van der Waals surface area contributed by atoms with Crippen LogP contribution in [-0.4, -0.2) is 30.1 Å². The molecule has 2 fully saturated rings. The Morgan fingerprint density at radius 1 is 1.29 bits per heavy atom. The first-order chi connectivity index (χ1) is 8.24. The smallest absolute Gasteiger partial charge is 0.125 e. The average Bonchev–Trinajstić information content (AvgIpc) is 2.88. The van der Waals surface area contributed by atoms with Gasteiger partial charge in [-0.1, -0.05) is 0 Å². The Labute approximate surface area is 109 Å². The standard InChI is InChI=1S/C13H16BrFN2/c14-10-4-3-9(15)8-12(10)16-11-5-7-17-6-1-2-13(11)17/h3-4,8,11,13,16H,1-2,5-7H2. The maximum absolute atomic E-state index is 13.2. The fraction of sp³-hybridized carbons (Fsp3) is 0.538. The summed E-state index contributed by atoms with van der Waals surface area (Å²) < 4.78 is 14.2. The Kier molecular flexibility index (Phi) is 3.09. The highest BCUT2D eigenvalue weighted by atomic mass is 79.9. The lowest BCUT2D eigenvalue weighted by Crippen LogP contribution is -2.33. The molecule has 1 aromatic rings. The fourth-order valence-corrected chi connectivity index (χ4v) is 3.42. The highest BCUT2D eigenvalue weighted by Gasteiger charge is 2.37. The molecule has 0 bridgehead atoms. The van der Waals surface area contributed by atoms with Gasteiger partial charge in [-0.3, -0.25) is 4.90 Å². The Hall–Kier alpha value is -0.610. The summed E-state index contributed by atoms with van der Waals surface area (Å²) in [6, 6.07) is 5.92. The molecule has 0 spiro atoms. The lowest BCUT2D eigenvalue weighted by atomic mass is 10.1. The van der Waals surface area contributed by atoms with Gasteiger partial charge in [-0.15, -0.1) is 0 Å². The largest absolute Gasteiger partial charge is 0.380 e. The maximum atomic E-state index is 13.2. The molecule has 0 radical (unpaired) electrons. The first-order valence-electron chi connectivity index (χ1n) is 6.20. The molecule has 2 nitrogen and oxygen atoms in total. The molecular weight excluding hydrogens is 283 g/mol. The highest BCUT2D eigenvalue weighted by Crippen LogP contribution is 2.32. The predicted octanol–water partition coefficient (Wildman–Crippen LogP) is 3.24. The van der Waals surface area contributed by atoms with E-state index in [1.54, 1.807) is 12.1 Å². The van der Waals surface area contributed by atoms with E-state index in [0.717, 1.165) is 16.6 Å². The third-order valence-electron chi connectivity index (χ3n) is 3.88. The molecular formula is C13H16BrFN2. The molecule has 2 heterocycles. The second-order valence-electron chi connectivity index (χ2n) is 4.91. The molecule has 2 atom stereocenters. The molecule has 0 aliphatic carbocycles. The number of rotatable bonds is 2. The quantitative estimate of drug-likeness (QED) is 0.902. The fourth-order valence-electron chi connectivity index (χ4n) is 3.06. The number of hydrogen-bond acceptors (Lipinski definition) is 2. The van der Waals surface area contributed by atoms with E-state index in [1.165, 1.54) is 32.0 Å². The number of anilines is 1. The van der Waals surface area contributed by atoms with Crippen LogP contribution in [0.4, 0.5) is 10.1 Å². The number of nitrogens with zero attached hydrogens (tertiary/aromatic N) is 1. The van der Waals surface area contributed by atoms with Crippen molar-refractivity contribution in [2.75, 3.05) is 18.4 Å². The molecule has 2 unspecified atom stereocenters. The summed E-state index contributed by atoms with van der Waals surface area (Å²) in [5.41, 5.74) is 0.878. The lowest BCUT2D eigenvalue weighted by Gasteiger charge is -2.22. The minimum absolute atomic E-state index is 0.183. The first-order valence-corrected chi connectivity index (χ1v) is 6.99. The normalized spacial score (nSPS) is 28.4. The average molecular weight is 299 g/mol. The van der Waals surface area contributed by atoms with Gasteiger partial charge in [0.25, 0.3) is 0 Å². The molecule has 0 amide bonds. The van der Waals surface area contributed by atoms with Crippen LogP contribution < -0.4 is 5.32 Å². The van der Waals surface area contributed by atoms with Gasteiger partial charge in [0.05, 0.1) is 5.69 Å². The summed E-state index contributed by atoms with van der Waals surface area (Å²) in [6.07, 6.45) is 3.73. The van der Waals surface area contributed by atoms with E-state index in [0.29, 0.717) is 12.1 Å². The third-order valence-corrected chi connectivity index (χ3v) is 4.57. The second-order valence-corrected chi connectivity index (χ2v) is 5.76. The van der Waals surface area contributed by atoms with Crippen LogP contribution in [0.25, 0.3) is 0 Å². The van der Waals surface area contributed by atoms with Gasteiger partial charge in [0.15, 0.2) is 0 Å². The second kappa shape index (κ2) is 4.58. The van der Waals surface area contributed by atoms with Crippen LogP contribution in [0.15, 0.2) is 22.7 Å². The number of benzene rings is 1. The molecule has 3 rings (SSSR count). The van der Waals surface area contributed by atoms with Crippen LogP contribution in [0.2, 0.25) is 0 Å². The van der Waals surface area contributed by atoms with E-state index in [9.17, 15) is 4.39 Å². The Bertz CT molecular complexity index is 424. The Morgan fingerprint density at radius 3 is 3.06 bits per heavy atom. The van der Waals surface area contributed by atoms with Gasteiger partial charge in [0.1, 0.15) is 5.82 Å². The number of hydrogen-bond donors (Lipinski definition) is 1. The highest BCUT2D eigenvalue weighted by molar-refractivity contribution is 9.10. The third kappa shape index (κ3) is 2.20. The van der Waals surface area contributed by atoms with Crippen LogP contribution in [0.5, 0.6) is 0 Å². The molecule has 1 aromatic carbocycles. The molecule has 92 valence electrons. The van der Waals surface area contributed by atoms with E-state index in [1.807, 2.05) is 0 Å². The van der Waals surface area contributed by atoms with Crippen molar-refractivity contribution >= 4 is 21.6 Å². The molecule has 0 aromatic heterocycles. The van der Waals surface area contributed by atoms with E-state index < -0.39 is 0 Å². The summed E-state index contributed by atoms with van der Waals surface area (Å²) in [5.74, 6) is -0.183. The van der Waals surface area contributed by atoms with Crippen molar-refractivity contribution < 1.29 is 4.39 Å². The topological polar surface area (TPSA) is 15.3 Å². The minimum atomic E-state index is -0.183. The van der Waals surface area contributed by atoms with Crippen molar-refractivity contribution in [1.29, 1.82) is 0 Å². The van der Waals surface area contributed by atoms with Crippen molar-refractivity contribution in [3.63, 3.8) is 0 Å². The Morgan fingerprint density at radius 2 is 2.18 bits per heavy atom. The van der Waals surface area contributed by atoms with Crippen molar-refractivity contribution in [2.45, 2.75) is 31.3 Å². The summed E-state index contributed by atoms with van der Waals surface area (Å²) >= 11 is 3.47. The van der Waals surface area contributed by atoms with Crippen LogP contribution in [-0.2, 0) is 0 Å². The van der Waals surface area contributed by atoms with Crippen molar-refractivity contribution in [3.8, 4) is 0 Å². The zero-order valence-corrected chi connectivity index (χ0v) is 11.2. The Balaban J connectivity index is 1.76. The van der Waals surface area contributed by atoms with E-state index in [4.69, 9.17) is 0 Å². The van der Waals surface area contributed by atoms with E-state index in [-0.39, 0.29) is 5.82 Å². The SMILES string of the molecule is Fc1ccc(Br)c(NC2CCN3CCCC23)c1. The number of halogens is 2. The molecule has 2 saturated heterocycles. The van der Waals surface area contributed by atoms with E-state index in [2.05, 4.69) is 26.1 Å².